The van der Waals surface area contributed by atoms with E-state index < -0.39 is 13.8 Å². The van der Waals surface area contributed by atoms with Crippen LogP contribution in [0.15, 0.2) is 78.9 Å². The van der Waals surface area contributed by atoms with Crippen LogP contribution in [0.4, 0.5) is 5.69 Å². The highest BCUT2D eigenvalue weighted by atomic mass is 31.2. The van der Waals surface area contributed by atoms with Crippen molar-refractivity contribution >= 4 is 19.5 Å². The highest BCUT2D eigenvalue weighted by molar-refractivity contribution is 7.48. The third kappa shape index (κ3) is 6.68. The number of aromatic hydroxyl groups is 1. The second kappa shape index (κ2) is 9.45. The predicted octanol–water partition coefficient (Wildman–Crippen LogP) is 3.92. The number of carbonyl (C=O) groups is 1. The van der Waals surface area contributed by atoms with E-state index in [1.54, 1.807) is 60.7 Å². The molecule has 0 amide bonds. The summed E-state index contributed by atoms with van der Waals surface area (Å²) in [5.74, 6) is -0.900. The van der Waals surface area contributed by atoms with Crippen molar-refractivity contribution in [2.75, 3.05) is 5.73 Å². The van der Waals surface area contributed by atoms with Crippen molar-refractivity contribution in [3.8, 4) is 17.2 Å². The van der Waals surface area contributed by atoms with Crippen molar-refractivity contribution in [1.82, 2.24) is 0 Å². The van der Waals surface area contributed by atoms with E-state index in [4.69, 9.17) is 25.0 Å². The van der Waals surface area contributed by atoms with Gasteiger partial charge < -0.3 is 25.0 Å². The SMILES string of the molecule is Nc1ccc(C(=O)O)c(O)c1.O=P(O)(Oc1ccccc1)Oc1ccccc1. The van der Waals surface area contributed by atoms with Gasteiger partial charge in [-0.3, -0.25) is 4.89 Å². The van der Waals surface area contributed by atoms with E-state index in [1.165, 1.54) is 18.2 Å². The molecule has 146 valence electrons. The molecule has 9 heteroatoms. The summed E-state index contributed by atoms with van der Waals surface area (Å²) in [5, 5.41) is 17.5. The Morgan fingerprint density at radius 2 is 1.32 bits per heavy atom. The van der Waals surface area contributed by atoms with E-state index >= 15 is 0 Å². The lowest BCUT2D eigenvalue weighted by atomic mass is 10.2. The third-order valence-electron chi connectivity index (χ3n) is 3.18. The second-order valence-corrected chi connectivity index (χ2v) is 6.66. The van der Waals surface area contributed by atoms with Crippen LogP contribution in [0, 0.1) is 0 Å². The van der Waals surface area contributed by atoms with Gasteiger partial charge in [0.15, 0.2) is 0 Å². The summed E-state index contributed by atoms with van der Waals surface area (Å²) in [6.07, 6.45) is 0. The number of carboxylic acids is 1. The summed E-state index contributed by atoms with van der Waals surface area (Å²) in [4.78, 5) is 19.9. The molecule has 0 aliphatic heterocycles. The molecule has 0 unspecified atom stereocenters. The zero-order valence-electron chi connectivity index (χ0n) is 14.5. The highest BCUT2D eigenvalue weighted by Gasteiger charge is 2.24. The number of carboxylic acid groups (broad SMARTS) is 1. The summed E-state index contributed by atoms with van der Waals surface area (Å²) in [6, 6.07) is 20.6. The molecule has 5 N–H and O–H groups in total. The van der Waals surface area contributed by atoms with Crippen molar-refractivity contribution in [3.05, 3.63) is 84.4 Å². The number of hydrogen-bond donors (Lipinski definition) is 4. The van der Waals surface area contributed by atoms with Gasteiger partial charge in [0.25, 0.3) is 0 Å². The molecule has 0 saturated carbocycles. The number of aromatic carboxylic acids is 1. The molecule has 0 heterocycles. The number of phenols is 1. The van der Waals surface area contributed by atoms with Crippen LogP contribution < -0.4 is 14.8 Å². The molecule has 3 rings (SSSR count). The molecule has 0 saturated heterocycles. The first-order valence-electron chi connectivity index (χ1n) is 7.91. The van der Waals surface area contributed by atoms with Gasteiger partial charge in [0.1, 0.15) is 22.8 Å². The number of anilines is 1. The molecule has 28 heavy (non-hydrogen) atoms. The van der Waals surface area contributed by atoms with Gasteiger partial charge in [-0.25, -0.2) is 9.36 Å². The molecule has 3 aromatic carbocycles. The van der Waals surface area contributed by atoms with Gasteiger partial charge in [0.05, 0.1) is 0 Å². The van der Waals surface area contributed by atoms with Crippen LogP contribution in [-0.4, -0.2) is 21.1 Å². The van der Waals surface area contributed by atoms with Crippen molar-refractivity contribution in [2.24, 2.45) is 0 Å². The first kappa shape index (κ1) is 20.8. The minimum Gasteiger partial charge on any atom is -0.507 e. The lowest BCUT2D eigenvalue weighted by Gasteiger charge is -2.13. The molecular formula is C19H18NO7P. The number of nitrogens with two attached hydrogens (primary N) is 1. The Balaban J connectivity index is 0.000000221. The lowest BCUT2D eigenvalue weighted by molar-refractivity contribution is 0.0693. The summed E-state index contributed by atoms with van der Waals surface area (Å²) in [5.41, 5.74) is 5.48. The van der Waals surface area contributed by atoms with Gasteiger partial charge in [-0.1, -0.05) is 36.4 Å². The van der Waals surface area contributed by atoms with E-state index in [2.05, 4.69) is 0 Å². The fourth-order valence-corrected chi connectivity index (χ4v) is 2.79. The highest BCUT2D eigenvalue weighted by Crippen LogP contribution is 2.44. The molecule has 3 aromatic rings. The molecular weight excluding hydrogens is 385 g/mol. The fraction of sp³-hybridized carbons (Fsp3) is 0. The topological polar surface area (TPSA) is 139 Å². The van der Waals surface area contributed by atoms with Crippen molar-refractivity contribution in [3.63, 3.8) is 0 Å². The van der Waals surface area contributed by atoms with Crippen molar-refractivity contribution in [2.45, 2.75) is 0 Å². The van der Waals surface area contributed by atoms with E-state index in [9.17, 15) is 14.3 Å². The summed E-state index contributed by atoms with van der Waals surface area (Å²) >= 11 is 0. The summed E-state index contributed by atoms with van der Waals surface area (Å²) in [7, 11) is -4.14. The fourth-order valence-electron chi connectivity index (χ4n) is 1.98. The number of rotatable bonds is 5. The van der Waals surface area contributed by atoms with Crippen LogP contribution in [0.3, 0.4) is 0 Å². The Morgan fingerprint density at radius 3 is 1.71 bits per heavy atom. The monoisotopic (exact) mass is 403 g/mol. The van der Waals surface area contributed by atoms with Gasteiger partial charge in [-0.05, 0) is 36.4 Å². The normalized spacial score (nSPS) is 10.3. The van der Waals surface area contributed by atoms with E-state index in [0.29, 0.717) is 5.69 Å². The van der Waals surface area contributed by atoms with Crippen LogP contribution in [0.1, 0.15) is 10.4 Å². The van der Waals surface area contributed by atoms with Gasteiger partial charge in [-0.2, -0.15) is 0 Å². The predicted molar refractivity (Wildman–Crippen MR) is 103 cm³/mol. The number of phosphoric ester groups is 1. The molecule has 0 fully saturated rings. The van der Waals surface area contributed by atoms with Crippen LogP contribution in [0.2, 0.25) is 0 Å². The molecule has 0 aliphatic carbocycles. The molecule has 8 nitrogen and oxygen atoms in total. The number of hydrogen-bond acceptors (Lipinski definition) is 6. The summed E-state index contributed by atoms with van der Waals surface area (Å²) in [6.45, 7) is 0. The molecule has 0 atom stereocenters. The van der Waals surface area contributed by atoms with Gasteiger partial charge in [-0.15, -0.1) is 0 Å². The van der Waals surface area contributed by atoms with E-state index in [1.807, 2.05) is 0 Å². The first-order valence-corrected chi connectivity index (χ1v) is 9.40. The van der Waals surface area contributed by atoms with Crippen LogP contribution in [-0.2, 0) is 4.57 Å². The quantitative estimate of drug-likeness (QED) is 0.371. The third-order valence-corrected chi connectivity index (χ3v) is 4.06. The minimum absolute atomic E-state index is 0.140. The standard InChI is InChI=1S/C12H11O4P.C7H7NO3/c13-17(14,15-11-7-3-1-4-8-11)16-12-9-5-2-6-10-12;8-4-1-2-5(7(10)11)6(9)3-4/h1-10H,(H,13,14);1-3,9H,8H2,(H,10,11). The first-order chi connectivity index (χ1) is 13.3. The Hall–Kier alpha value is -3.48. The maximum atomic E-state index is 11.7. The zero-order valence-corrected chi connectivity index (χ0v) is 15.4. The average Bonchev–Trinajstić information content (AvgIpc) is 2.62. The van der Waals surface area contributed by atoms with Crippen LogP contribution in [0.25, 0.3) is 0 Å². The van der Waals surface area contributed by atoms with E-state index in [-0.39, 0.29) is 22.8 Å². The van der Waals surface area contributed by atoms with Crippen LogP contribution >= 0.6 is 7.82 Å². The molecule has 0 spiro atoms. The van der Waals surface area contributed by atoms with Gasteiger partial charge in [0.2, 0.25) is 0 Å². The Bertz CT molecular complexity index is 919. The number of nitrogen functional groups attached to an aromatic ring is 1. The molecule has 0 aliphatic rings. The van der Waals surface area contributed by atoms with Crippen LogP contribution in [0.5, 0.6) is 17.2 Å². The Labute approximate surface area is 161 Å². The van der Waals surface area contributed by atoms with Gasteiger partial charge in [0, 0.05) is 11.8 Å². The molecule has 0 radical (unpaired) electrons. The number of para-hydroxylation sites is 2. The lowest BCUT2D eigenvalue weighted by Crippen LogP contribution is -1.99. The van der Waals surface area contributed by atoms with Crippen molar-refractivity contribution < 1.29 is 33.5 Å². The minimum atomic E-state index is -4.14. The second-order valence-electron chi connectivity index (χ2n) is 5.36. The number of benzene rings is 3. The Kier molecular flexibility index (Phi) is 7.03. The average molecular weight is 403 g/mol. The zero-order chi connectivity index (χ0) is 20.6. The molecule has 0 aromatic heterocycles. The van der Waals surface area contributed by atoms with Crippen molar-refractivity contribution in [1.29, 1.82) is 0 Å². The Morgan fingerprint density at radius 1 is 0.857 bits per heavy atom. The maximum Gasteiger partial charge on any atom is 0.584 e. The largest absolute Gasteiger partial charge is 0.584 e. The van der Waals surface area contributed by atoms with E-state index in [0.717, 1.165) is 0 Å². The smallest absolute Gasteiger partial charge is 0.507 e. The van der Waals surface area contributed by atoms with Gasteiger partial charge >= 0.3 is 13.8 Å². The molecule has 0 bridgehead atoms. The maximum absolute atomic E-state index is 11.7. The number of phosphoric acid groups is 1. The summed E-state index contributed by atoms with van der Waals surface area (Å²) < 4.78 is 21.5.